The Labute approximate surface area is 160 Å². The van der Waals surface area contributed by atoms with Gasteiger partial charge in [0.15, 0.2) is 0 Å². The van der Waals surface area contributed by atoms with Crippen molar-refractivity contribution < 1.29 is 4.79 Å². The van der Waals surface area contributed by atoms with Gasteiger partial charge in [0.2, 0.25) is 5.91 Å². The van der Waals surface area contributed by atoms with E-state index in [1.165, 1.54) is 19.3 Å². The molecular formula is C18H37Cl2N3O. The summed E-state index contributed by atoms with van der Waals surface area (Å²) in [5, 5.41) is 3.18. The highest BCUT2D eigenvalue weighted by Gasteiger charge is 2.40. The first-order valence-electron chi connectivity index (χ1n) is 9.19. The molecule has 0 radical (unpaired) electrons. The second-order valence-electron chi connectivity index (χ2n) is 7.91. The molecule has 0 saturated heterocycles. The molecule has 2 rings (SSSR count). The van der Waals surface area contributed by atoms with Crippen LogP contribution < -0.4 is 11.1 Å². The van der Waals surface area contributed by atoms with Crippen LogP contribution in [0.15, 0.2) is 0 Å². The minimum Gasteiger partial charge on any atom is -0.355 e. The maximum atomic E-state index is 12.5. The fourth-order valence-electron chi connectivity index (χ4n) is 4.57. The zero-order chi connectivity index (χ0) is 16.3. The van der Waals surface area contributed by atoms with E-state index in [9.17, 15) is 4.79 Å². The average Bonchev–Trinajstić information content (AvgIpc) is 2.42. The summed E-state index contributed by atoms with van der Waals surface area (Å²) in [4.78, 5) is 14.9. The molecule has 3 N–H and O–H groups in total. The molecule has 4 nitrogen and oxygen atoms in total. The van der Waals surface area contributed by atoms with E-state index < -0.39 is 0 Å². The van der Waals surface area contributed by atoms with Gasteiger partial charge in [0.05, 0.1) is 0 Å². The topological polar surface area (TPSA) is 58.4 Å². The Morgan fingerprint density at radius 1 is 1.08 bits per heavy atom. The van der Waals surface area contributed by atoms with Gasteiger partial charge >= 0.3 is 0 Å². The molecule has 2 atom stereocenters. The van der Waals surface area contributed by atoms with Crippen LogP contribution in [0.5, 0.6) is 0 Å². The van der Waals surface area contributed by atoms with Crippen molar-refractivity contribution in [2.45, 2.75) is 77.9 Å². The van der Waals surface area contributed by atoms with Gasteiger partial charge in [-0.2, -0.15) is 0 Å². The monoisotopic (exact) mass is 381 g/mol. The van der Waals surface area contributed by atoms with Crippen LogP contribution in [0.2, 0.25) is 0 Å². The van der Waals surface area contributed by atoms with Gasteiger partial charge in [-0.3, -0.25) is 9.69 Å². The van der Waals surface area contributed by atoms with Crippen LogP contribution >= 0.6 is 24.8 Å². The first-order valence-corrected chi connectivity index (χ1v) is 9.19. The summed E-state index contributed by atoms with van der Waals surface area (Å²) in [6.07, 6.45) is 5.74. The van der Waals surface area contributed by atoms with Gasteiger partial charge in [0, 0.05) is 37.1 Å². The van der Waals surface area contributed by atoms with Gasteiger partial charge in [-0.15, -0.1) is 24.8 Å². The number of carbonyl (C=O) groups excluding carboxylic acids is 1. The number of fused-ring (bicyclic) bond motifs is 2. The molecule has 144 valence electrons. The lowest BCUT2D eigenvalue weighted by Crippen LogP contribution is -2.50. The number of nitrogens with zero attached hydrogens (tertiary/aromatic N) is 1. The maximum absolute atomic E-state index is 12.5. The Kier molecular flexibility index (Phi) is 10.8. The zero-order valence-corrected chi connectivity index (χ0v) is 17.3. The molecule has 0 aliphatic heterocycles. The number of hydrogen-bond acceptors (Lipinski definition) is 3. The Bertz CT molecular complexity index is 357. The third kappa shape index (κ3) is 6.05. The summed E-state index contributed by atoms with van der Waals surface area (Å²) < 4.78 is 0. The molecule has 24 heavy (non-hydrogen) atoms. The molecule has 2 bridgehead atoms. The summed E-state index contributed by atoms with van der Waals surface area (Å²) in [5.74, 6) is 1.61. The Morgan fingerprint density at radius 2 is 1.58 bits per heavy atom. The van der Waals surface area contributed by atoms with Gasteiger partial charge in [0.1, 0.15) is 0 Å². The zero-order valence-electron chi connectivity index (χ0n) is 15.7. The van der Waals surface area contributed by atoms with E-state index in [-0.39, 0.29) is 36.6 Å². The van der Waals surface area contributed by atoms with Crippen molar-refractivity contribution in [1.82, 2.24) is 10.2 Å². The molecule has 0 aromatic carbocycles. The second-order valence-corrected chi connectivity index (χ2v) is 7.91. The molecular weight excluding hydrogens is 345 g/mol. The van der Waals surface area contributed by atoms with Crippen molar-refractivity contribution in [2.24, 2.45) is 23.5 Å². The van der Waals surface area contributed by atoms with Crippen LogP contribution in [0, 0.1) is 17.8 Å². The number of halogens is 2. The number of nitrogens with two attached hydrogens (primary N) is 1. The predicted octanol–water partition coefficient (Wildman–Crippen LogP) is 3.22. The molecule has 1 amide bonds. The van der Waals surface area contributed by atoms with Crippen LogP contribution in [-0.4, -0.2) is 42.0 Å². The van der Waals surface area contributed by atoms with Crippen LogP contribution in [0.25, 0.3) is 0 Å². The summed E-state index contributed by atoms with van der Waals surface area (Å²) in [6.45, 7) is 10.5. The lowest BCUT2D eigenvalue weighted by atomic mass is 9.65. The highest BCUT2D eigenvalue weighted by atomic mass is 35.5. The normalized spacial score (nSPS) is 29.2. The average molecular weight is 382 g/mol. The maximum Gasteiger partial charge on any atom is 0.223 e. The lowest BCUT2D eigenvalue weighted by molar-refractivity contribution is -0.128. The smallest absolute Gasteiger partial charge is 0.223 e. The quantitative estimate of drug-likeness (QED) is 0.742. The number of hydrogen-bond donors (Lipinski definition) is 2. The van der Waals surface area contributed by atoms with Gasteiger partial charge in [-0.1, -0.05) is 6.42 Å². The molecule has 6 heteroatoms. The summed E-state index contributed by atoms with van der Waals surface area (Å²) in [5.41, 5.74) is 6.31. The molecule has 2 aliphatic rings. The molecule has 2 fully saturated rings. The van der Waals surface area contributed by atoms with Crippen molar-refractivity contribution in [3.8, 4) is 0 Å². The van der Waals surface area contributed by atoms with Crippen LogP contribution in [0.4, 0.5) is 0 Å². The molecule has 2 aliphatic carbocycles. The third-order valence-corrected chi connectivity index (χ3v) is 5.78. The second kappa shape index (κ2) is 10.8. The fraction of sp³-hybridized carbons (Fsp3) is 0.944. The Balaban J connectivity index is 0.00000264. The summed E-state index contributed by atoms with van der Waals surface area (Å²) in [7, 11) is 0. The van der Waals surface area contributed by atoms with Gasteiger partial charge in [-0.25, -0.2) is 0 Å². The van der Waals surface area contributed by atoms with Crippen molar-refractivity contribution in [2.75, 3.05) is 13.1 Å². The molecule has 0 aromatic heterocycles. The molecule has 2 saturated carbocycles. The molecule has 0 aromatic rings. The highest BCUT2D eigenvalue weighted by molar-refractivity contribution is 5.85. The van der Waals surface area contributed by atoms with E-state index in [1.807, 2.05) is 0 Å². The van der Waals surface area contributed by atoms with Crippen LogP contribution in [0.1, 0.15) is 59.8 Å². The Morgan fingerprint density at radius 3 is 2.04 bits per heavy atom. The first kappa shape index (κ1) is 24.0. The van der Waals surface area contributed by atoms with Crippen molar-refractivity contribution in [3.63, 3.8) is 0 Å². The Hall–Kier alpha value is -0.0300. The summed E-state index contributed by atoms with van der Waals surface area (Å²) in [6, 6.07) is 1.38. The molecule has 0 heterocycles. The van der Waals surface area contributed by atoms with E-state index in [2.05, 4.69) is 37.9 Å². The van der Waals surface area contributed by atoms with E-state index in [0.717, 1.165) is 25.9 Å². The van der Waals surface area contributed by atoms with E-state index >= 15 is 0 Å². The van der Waals surface area contributed by atoms with E-state index in [1.54, 1.807) is 0 Å². The predicted molar refractivity (Wildman–Crippen MR) is 106 cm³/mol. The standard InChI is InChI=1S/C18H35N3O.2ClH/c1-12(2)21(13(3)4)9-8-20-18(22)16-10-14-6-5-7-15(11-16)17(14)19;;/h12-17H,5-11,19H2,1-4H3,(H,20,22);2*1H. The van der Waals surface area contributed by atoms with Crippen molar-refractivity contribution in [3.05, 3.63) is 0 Å². The lowest BCUT2D eigenvalue weighted by Gasteiger charge is -2.43. The van der Waals surface area contributed by atoms with Crippen LogP contribution in [0.3, 0.4) is 0 Å². The molecule has 0 spiro atoms. The number of amides is 1. The largest absolute Gasteiger partial charge is 0.355 e. The van der Waals surface area contributed by atoms with Crippen molar-refractivity contribution >= 4 is 30.7 Å². The highest BCUT2D eigenvalue weighted by Crippen LogP contribution is 2.41. The third-order valence-electron chi connectivity index (χ3n) is 5.78. The van der Waals surface area contributed by atoms with E-state index in [4.69, 9.17) is 5.73 Å². The SMILES string of the molecule is CC(C)N(CCNC(=O)C1CC2CCCC(C1)C2N)C(C)C.Cl.Cl. The van der Waals surface area contributed by atoms with Crippen molar-refractivity contribution in [1.29, 1.82) is 0 Å². The minimum atomic E-state index is 0. The van der Waals surface area contributed by atoms with Gasteiger partial charge in [-0.05, 0) is 65.2 Å². The van der Waals surface area contributed by atoms with Crippen LogP contribution in [-0.2, 0) is 4.79 Å². The first-order chi connectivity index (χ1) is 10.4. The molecule has 2 unspecified atom stereocenters. The van der Waals surface area contributed by atoms with E-state index in [0.29, 0.717) is 30.0 Å². The minimum absolute atomic E-state index is 0. The van der Waals surface area contributed by atoms with Gasteiger partial charge in [0.25, 0.3) is 0 Å². The summed E-state index contributed by atoms with van der Waals surface area (Å²) >= 11 is 0. The fourth-order valence-corrected chi connectivity index (χ4v) is 4.57. The van der Waals surface area contributed by atoms with Gasteiger partial charge < -0.3 is 11.1 Å². The number of nitrogens with one attached hydrogen (secondary N) is 1. The number of carbonyl (C=O) groups is 1. The number of rotatable bonds is 6.